The lowest BCUT2D eigenvalue weighted by molar-refractivity contribution is -0.426. The van der Waals surface area contributed by atoms with E-state index in [-0.39, 0.29) is 30.0 Å². The average molecular weight is 423 g/mol. The lowest BCUT2D eigenvalue weighted by atomic mass is 9.91. The molecule has 4 rings (SSSR count). The fourth-order valence-corrected chi connectivity index (χ4v) is 5.18. The Labute approximate surface area is 171 Å². The van der Waals surface area contributed by atoms with Gasteiger partial charge in [-0.15, -0.1) is 11.3 Å². The number of quaternary nitrogens is 1. The molecule has 0 aliphatic heterocycles. The Morgan fingerprint density at radius 2 is 2.18 bits per heavy atom. The van der Waals surface area contributed by atoms with Crippen LogP contribution in [0, 0.1) is 0 Å². The van der Waals surface area contributed by atoms with Gasteiger partial charge in [0.05, 0.1) is 20.6 Å². The standard InChI is InChI=1S/C19H24ClN5O2S/c1-10(2)18-23-24(9-17(26)22-12-5-3-4-11(21)6-12)19(27)14-7-15-13(25(14)18)8-16(20)28-15/h7-8,10-12H,3-6,9,21H2,1-2H3,(H,22,26)/p+1/t11-,12+/m1/s1. The van der Waals surface area contributed by atoms with Crippen molar-refractivity contribution in [3.8, 4) is 0 Å². The molecule has 7 nitrogen and oxygen atoms in total. The highest BCUT2D eigenvalue weighted by atomic mass is 35.5. The van der Waals surface area contributed by atoms with Gasteiger partial charge in [-0.05, 0) is 31.4 Å². The first-order valence-electron chi connectivity index (χ1n) is 9.67. The molecule has 2 atom stereocenters. The number of amides is 1. The number of nitrogens with one attached hydrogen (secondary N) is 1. The third kappa shape index (κ3) is 3.56. The van der Waals surface area contributed by atoms with Crippen LogP contribution in [0.15, 0.2) is 16.9 Å². The maximum atomic E-state index is 13.0. The third-order valence-corrected chi connectivity index (χ3v) is 6.52. The molecule has 0 saturated heterocycles. The summed E-state index contributed by atoms with van der Waals surface area (Å²) in [6.07, 6.45) is 4.04. The van der Waals surface area contributed by atoms with Crippen molar-refractivity contribution in [1.82, 2.24) is 19.5 Å². The minimum Gasteiger partial charge on any atom is -0.355 e. The Kier molecular flexibility index (Phi) is 5.20. The Hall–Kier alpha value is -1.90. The van der Waals surface area contributed by atoms with Gasteiger partial charge in [0, 0.05) is 18.4 Å². The van der Waals surface area contributed by atoms with Crippen LogP contribution in [0.25, 0.3) is 15.7 Å². The fraction of sp³-hybridized carbons (Fsp3) is 0.526. The predicted octanol–water partition coefficient (Wildman–Crippen LogP) is 2.16. The van der Waals surface area contributed by atoms with Gasteiger partial charge in [0.1, 0.15) is 17.9 Å². The van der Waals surface area contributed by atoms with E-state index in [9.17, 15) is 9.59 Å². The van der Waals surface area contributed by atoms with Gasteiger partial charge in [-0.3, -0.25) is 14.0 Å². The van der Waals surface area contributed by atoms with E-state index < -0.39 is 0 Å². The Bertz CT molecular complexity index is 1100. The summed E-state index contributed by atoms with van der Waals surface area (Å²) in [5.41, 5.74) is 5.26. The van der Waals surface area contributed by atoms with E-state index in [0.717, 1.165) is 41.7 Å². The molecule has 1 amide bonds. The second-order valence-corrected chi connectivity index (χ2v) is 9.65. The molecular weight excluding hydrogens is 398 g/mol. The largest absolute Gasteiger partial charge is 0.355 e. The van der Waals surface area contributed by atoms with E-state index in [4.69, 9.17) is 11.6 Å². The predicted molar refractivity (Wildman–Crippen MR) is 111 cm³/mol. The number of carbonyl (C=O) groups excluding carboxylic acids is 1. The number of aromatic nitrogens is 3. The molecule has 3 heterocycles. The summed E-state index contributed by atoms with van der Waals surface area (Å²) >= 11 is 7.58. The number of halogens is 1. The molecule has 9 heteroatoms. The monoisotopic (exact) mass is 422 g/mol. The minimum atomic E-state index is -0.266. The number of thiophene rings is 1. The third-order valence-electron chi connectivity index (χ3n) is 5.32. The SMILES string of the molecule is CC(C)c1nn(CC(=O)N[C@H]2CCC[C@@H]([NH3+])C2)c(=O)c2cc3sc(Cl)cc3n12. The molecule has 28 heavy (non-hydrogen) atoms. The van der Waals surface area contributed by atoms with Gasteiger partial charge < -0.3 is 11.1 Å². The number of hydrogen-bond donors (Lipinski definition) is 2. The Morgan fingerprint density at radius 1 is 1.39 bits per heavy atom. The minimum absolute atomic E-state index is 0.0764. The van der Waals surface area contributed by atoms with E-state index in [2.05, 4.69) is 16.1 Å². The van der Waals surface area contributed by atoms with Crippen LogP contribution in [0.3, 0.4) is 0 Å². The van der Waals surface area contributed by atoms with Gasteiger partial charge in [-0.25, -0.2) is 4.68 Å². The Morgan fingerprint density at radius 3 is 2.89 bits per heavy atom. The first-order valence-corrected chi connectivity index (χ1v) is 10.9. The quantitative estimate of drug-likeness (QED) is 0.674. The molecule has 3 aromatic rings. The molecule has 1 aliphatic carbocycles. The first-order chi connectivity index (χ1) is 13.3. The van der Waals surface area contributed by atoms with Gasteiger partial charge in [-0.1, -0.05) is 25.4 Å². The molecule has 1 fully saturated rings. The molecule has 0 bridgehead atoms. The highest BCUT2D eigenvalue weighted by molar-refractivity contribution is 7.22. The number of nitrogens with zero attached hydrogens (tertiary/aromatic N) is 3. The van der Waals surface area contributed by atoms with Crippen LogP contribution in [0.2, 0.25) is 4.34 Å². The zero-order valence-electron chi connectivity index (χ0n) is 16.1. The molecule has 0 aromatic carbocycles. The summed E-state index contributed by atoms with van der Waals surface area (Å²) < 4.78 is 4.77. The molecule has 0 radical (unpaired) electrons. The number of hydrogen-bond acceptors (Lipinski definition) is 4. The summed E-state index contributed by atoms with van der Waals surface area (Å²) in [4.78, 5) is 25.6. The molecule has 0 spiro atoms. The molecule has 150 valence electrons. The van der Waals surface area contributed by atoms with Crippen molar-refractivity contribution in [2.45, 2.75) is 64.1 Å². The molecule has 0 unspecified atom stereocenters. The normalized spacial score (nSPS) is 20.3. The zero-order chi connectivity index (χ0) is 20.0. The fourth-order valence-electron chi connectivity index (χ4n) is 4.02. The second-order valence-electron chi connectivity index (χ2n) is 7.94. The molecule has 1 aliphatic rings. The lowest BCUT2D eigenvalue weighted by Crippen LogP contribution is -2.64. The van der Waals surface area contributed by atoms with Crippen molar-refractivity contribution < 1.29 is 10.5 Å². The smallest absolute Gasteiger partial charge is 0.291 e. The molecular formula is C19H25ClN5O2S+. The van der Waals surface area contributed by atoms with Gasteiger partial charge in [0.25, 0.3) is 5.56 Å². The summed E-state index contributed by atoms with van der Waals surface area (Å²) in [5.74, 6) is 0.642. The van der Waals surface area contributed by atoms with Crippen molar-refractivity contribution in [3.63, 3.8) is 0 Å². The van der Waals surface area contributed by atoms with Gasteiger partial charge in [0.15, 0.2) is 0 Å². The van der Waals surface area contributed by atoms with Crippen LogP contribution in [0.4, 0.5) is 0 Å². The lowest BCUT2D eigenvalue weighted by Gasteiger charge is -2.25. The van der Waals surface area contributed by atoms with Crippen molar-refractivity contribution in [1.29, 1.82) is 0 Å². The maximum absolute atomic E-state index is 13.0. The first kappa shape index (κ1) is 19.4. The average Bonchev–Trinajstić information content (AvgIpc) is 3.13. The van der Waals surface area contributed by atoms with Crippen molar-refractivity contribution in [2.75, 3.05) is 0 Å². The van der Waals surface area contributed by atoms with Crippen molar-refractivity contribution >= 4 is 44.6 Å². The summed E-state index contributed by atoms with van der Waals surface area (Å²) in [7, 11) is 0. The van der Waals surface area contributed by atoms with Crippen LogP contribution in [-0.2, 0) is 11.3 Å². The van der Waals surface area contributed by atoms with Crippen LogP contribution >= 0.6 is 22.9 Å². The summed E-state index contributed by atoms with van der Waals surface area (Å²) in [6.45, 7) is 3.96. The topological polar surface area (TPSA) is 96.0 Å². The van der Waals surface area contributed by atoms with E-state index in [0.29, 0.717) is 15.9 Å². The molecule has 1 saturated carbocycles. The van der Waals surface area contributed by atoms with Crippen LogP contribution in [0.5, 0.6) is 0 Å². The van der Waals surface area contributed by atoms with E-state index in [1.807, 2.05) is 30.4 Å². The van der Waals surface area contributed by atoms with Crippen molar-refractivity contribution in [3.05, 3.63) is 32.6 Å². The highest BCUT2D eigenvalue weighted by Gasteiger charge is 2.24. The Balaban J connectivity index is 1.68. The zero-order valence-corrected chi connectivity index (χ0v) is 17.6. The van der Waals surface area contributed by atoms with E-state index in [1.54, 1.807) is 0 Å². The van der Waals surface area contributed by atoms with Gasteiger partial charge in [-0.2, -0.15) is 5.10 Å². The maximum Gasteiger partial charge on any atom is 0.291 e. The van der Waals surface area contributed by atoms with Gasteiger partial charge in [0.2, 0.25) is 5.91 Å². The number of carbonyl (C=O) groups is 1. The number of fused-ring (bicyclic) bond motifs is 3. The van der Waals surface area contributed by atoms with E-state index >= 15 is 0 Å². The molecule has 4 N–H and O–H groups in total. The summed E-state index contributed by atoms with van der Waals surface area (Å²) in [6, 6.07) is 4.21. The van der Waals surface area contributed by atoms with Crippen LogP contribution in [0.1, 0.15) is 51.3 Å². The van der Waals surface area contributed by atoms with Crippen LogP contribution in [-0.4, -0.2) is 32.2 Å². The van der Waals surface area contributed by atoms with Gasteiger partial charge >= 0.3 is 0 Å². The van der Waals surface area contributed by atoms with Crippen LogP contribution < -0.4 is 16.6 Å². The van der Waals surface area contributed by atoms with Crippen molar-refractivity contribution in [2.24, 2.45) is 0 Å². The van der Waals surface area contributed by atoms with E-state index in [1.165, 1.54) is 16.0 Å². The highest BCUT2D eigenvalue weighted by Crippen LogP contribution is 2.32. The molecule has 3 aromatic heterocycles. The number of rotatable bonds is 4. The summed E-state index contributed by atoms with van der Waals surface area (Å²) in [5, 5.41) is 7.59. The second kappa shape index (κ2) is 7.50.